The number of nitro benzene ring substituents is 2. The highest BCUT2D eigenvalue weighted by molar-refractivity contribution is 5.65. The zero-order chi connectivity index (χ0) is 10.9. The van der Waals surface area contributed by atoms with E-state index in [2.05, 4.69) is 0 Å². The van der Waals surface area contributed by atoms with Crippen LogP contribution in [0.15, 0.2) is 12.1 Å². The van der Waals surface area contributed by atoms with Crippen LogP contribution < -0.4 is 0 Å². The Balaban J connectivity index is 3.42. The molecule has 0 aliphatic carbocycles. The molecule has 0 heterocycles. The van der Waals surface area contributed by atoms with Crippen LogP contribution in [-0.2, 0) is 0 Å². The molecule has 74 valence electrons. The minimum Gasteiger partial charge on any atom is -0.693 e. The summed E-state index contributed by atoms with van der Waals surface area (Å²) in [5.41, 5.74) is 4.48. The summed E-state index contributed by atoms with van der Waals surface area (Å²) in [6, 6.07) is 0.869. The molecule has 1 aromatic carbocycles. The standard InChI is InChI=1S/C6H3FN3O4/c7-3-1-4(8)6(10(13)14)2-5(3)9(11)12/h1-2,8H/q-1. The average Bonchev–Trinajstić information content (AvgIpc) is 2.02. The highest BCUT2D eigenvalue weighted by Gasteiger charge is 2.20. The summed E-state index contributed by atoms with van der Waals surface area (Å²) >= 11 is 0. The van der Waals surface area contributed by atoms with Crippen molar-refractivity contribution in [1.82, 2.24) is 0 Å². The van der Waals surface area contributed by atoms with E-state index in [0.717, 1.165) is 0 Å². The van der Waals surface area contributed by atoms with Gasteiger partial charge in [0.1, 0.15) is 0 Å². The van der Waals surface area contributed by atoms with Gasteiger partial charge in [-0.1, -0.05) is 5.69 Å². The molecule has 0 aliphatic rings. The number of benzene rings is 1. The average molecular weight is 200 g/mol. The van der Waals surface area contributed by atoms with Gasteiger partial charge in [0.05, 0.1) is 15.9 Å². The number of hydrogen-bond donors (Lipinski definition) is 0. The molecular weight excluding hydrogens is 197 g/mol. The molecule has 0 bridgehead atoms. The third kappa shape index (κ3) is 1.58. The maximum atomic E-state index is 12.8. The molecule has 8 heteroatoms. The summed E-state index contributed by atoms with van der Waals surface area (Å²) in [5.74, 6) is -1.26. The number of halogens is 1. The summed E-state index contributed by atoms with van der Waals surface area (Å²) in [5, 5.41) is 20.4. The zero-order valence-electron chi connectivity index (χ0n) is 6.56. The number of nitrogens with zero attached hydrogens (tertiary/aromatic N) is 2. The fourth-order valence-corrected chi connectivity index (χ4v) is 0.842. The lowest BCUT2D eigenvalue weighted by Gasteiger charge is -2.03. The number of hydrogen-bond acceptors (Lipinski definition) is 4. The van der Waals surface area contributed by atoms with Crippen molar-refractivity contribution in [3.8, 4) is 0 Å². The summed E-state index contributed by atoms with van der Waals surface area (Å²) in [6.07, 6.45) is 0. The number of rotatable bonds is 2. The van der Waals surface area contributed by atoms with Crippen molar-refractivity contribution in [3.63, 3.8) is 0 Å². The first-order valence-corrected chi connectivity index (χ1v) is 3.27. The molecule has 1 rings (SSSR count). The predicted molar refractivity (Wildman–Crippen MR) is 43.7 cm³/mol. The second-order valence-corrected chi connectivity index (χ2v) is 2.33. The number of nitro groups is 2. The molecule has 0 fully saturated rings. The Hall–Kier alpha value is -2.25. The van der Waals surface area contributed by atoms with E-state index in [1.54, 1.807) is 0 Å². The van der Waals surface area contributed by atoms with Crippen LogP contribution >= 0.6 is 0 Å². The van der Waals surface area contributed by atoms with Gasteiger partial charge in [0, 0.05) is 0 Å². The molecule has 0 unspecified atom stereocenters. The minimum atomic E-state index is -1.26. The Labute approximate surface area is 76.2 Å². The quantitative estimate of drug-likeness (QED) is 0.538. The molecule has 14 heavy (non-hydrogen) atoms. The van der Waals surface area contributed by atoms with Gasteiger partial charge in [0.25, 0.3) is 5.69 Å². The van der Waals surface area contributed by atoms with E-state index < -0.39 is 32.7 Å². The van der Waals surface area contributed by atoms with E-state index in [9.17, 15) is 24.6 Å². The molecule has 0 saturated heterocycles. The zero-order valence-corrected chi connectivity index (χ0v) is 6.56. The summed E-state index contributed by atoms with van der Waals surface area (Å²) in [6.45, 7) is 0. The fraction of sp³-hybridized carbons (Fsp3) is 0. The second-order valence-electron chi connectivity index (χ2n) is 2.33. The van der Waals surface area contributed by atoms with Crippen LogP contribution in [0.25, 0.3) is 5.73 Å². The molecule has 0 amide bonds. The predicted octanol–water partition coefficient (Wildman–Crippen LogP) is 2.33. The SMILES string of the molecule is [NH-]c1cc(F)c([N+](=O)[O-])cc1[N+](=O)[O-]. The van der Waals surface area contributed by atoms with Crippen molar-refractivity contribution in [3.05, 3.63) is 43.9 Å². The molecule has 0 atom stereocenters. The van der Waals surface area contributed by atoms with Crippen LogP contribution in [0.5, 0.6) is 0 Å². The Morgan fingerprint density at radius 2 is 1.64 bits per heavy atom. The highest BCUT2D eigenvalue weighted by Crippen LogP contribution is 2.32. The van der Waals surface area contributed by atoms with Gasteiger partial charge in [-0.25, -0.2) is 0 Å². The molecule has 0 aromatic heterocycles. The molecular formula is C6H3FN3O4-. The van der Waals surface area contributed by atoms with E-state index in [-0.39, 0.29) is 0 Å². The van der Waals surface area contributed by atoms with Gasteiger partial charge in [0.15, 0.2) is 5.82 Å². The maximum absolute atomic E-state index is 12.8. The van der Waals surface area contributed by atoms with Crippen LogP contribution in [0.3, 0.4) is 0 Å². The van der Waals surface area contributed by atoms with Crippen LogP contribution in [0, 0.1) is 26.0 Å². The van der Waals surface area contributed by atoms with E-state index in [1.807, 2.05) is 0 Å². The second kappa shape index (κ2) is 3.24. The van der Waals surface area contributed by atoms with Gasteiger partial charge < -0.3 is 5.73 Å². The van der Waals surface area contributed by atoms with Crippen LogP contribution in [-0.4, -0.2) is 9.85 Å². The first-order chi connectivity index (χ1) is 6.43. The molecule has 0 spiro atoms. The summed E-state index contributed by atoms with van der Waals surface area (Å²) in [7, 11) is 0. The smallest absolute Gasteiger partial charge is 0.311 e. The van der Waals surface area contributed by atoms with E-state index in [1.165, 1.54) is 0 Å². The van der Waals surface area contributed by atoms with E-state index >= 15 is 0 Å². The normalized spacial score (nSPS) is 9.79. The van der Waals surface area contributed by atoms with Crippen molar-refractivity contribution < 1.29 is 14.2 Å². The summed E-state index contributed by atoms with van der Waals surface area (Å²) < 4.78 is 12.8. The van der Waals surface area contributed by atoms with Crippen LogP contribution in [0.4, 0.5) is 21.5 Å². The first kappa shape index (κ1) is 9.84. The van der Waals surface area contributed by atoms with Gasteiger partial charge >= 0.3 is 5.69 Å². The van der Waals surface area contributed by atoms with E-state index in [4.69, 9.17) is 5.73 Å². The van der Waals surface area contributed by atoms with Crippen molar-refractivity contribution in [2.75, 3.05) is 0 Å². The third-order valence-electron chi connectivity index (χ3n) is 1.46. The monoisotopic (exact) mass is 200 g/mol. The molecule has 0 saturated carbocycles. The fourth-order valence-electron chi connectivity index (χ4n) is 0.842. The molecule has 1 N–H and O–H groups in total. The highest BCUT2D eigenvalue weighted by atomic mass is 19.1. The maximum Gasteiger partial charge on any atom is 0.311 e. The van der Waals surface area contributed by atoms with Crippen molar-refractivity contribution in [2.45, 2.75) is 0 Å². The van der Waals surface area contributed by atoms with Gasteiger partial charge in [-0.05, 0) is 6.07 Å². The Morgan fingerprint density at radius 3 is 2.07 bits per heavy atom. The van der Waals surface area contributed by atoms with Gasteiger partial charge in [0.2, 0.25) is 0 Å². The molecule has 0 radical (unpaired) electrons. The van der Waals surface area contributed by atoms with Gasteiger partial charge in [-0.2, -0.15) is 4.39 Å². The van der Waals surface area contributed by atoms with Crippen molar-refractivity contribution in [1.29, 1.82) is 0 Å². The molecule has 1 aromatic rings. The Bertz CT molecular complexity index is 385. The topological polar surface area (TPSA) is 110 Å². The van der Waals surface area contributed by atoms with Gasteiger partial charge in [-0.3, -0.25) is 20.2 Å². The van der Waals surface area contributed by atoms with Crippen molar-refractivity contribution in [2.24, 2.45) is 0 Å². The largest absolute Gasteiger partial charge is 0.693 e. The lowest BCUT2D eigenvalue weighted by molar-refractivity contribution is -0.395. The summed E-state index contributed by atoms with van der Waals surface area (Å²) in [4.78, 5) is 18.4. The van der Waals surface area contributed by atoms with Crippen LogP contribution in [0.1, 0.15) is 0 Å². The Morgan fingerprint density at radius 1 is 1.14 bits per heavy atom. The first-order valence-electron chi connectivity index (χ1n) is 3.27. The molecule has 7 nitrogen and oxygen atoms in total. The lowest BCUT2D eigenvalue weighted by atomic mass is 10.2. The lowest BCUT2D eigenvalue weighted by Crippen LogP contribution is -1.95. The van der Waals surface area contributed by atoms with Gasteiger partial charge in [-0.15, -0.1) is 0 Å². The van der Waals surface area contributed by atoms with Crippen LogP contribution in [0.2, 0.25) is 0 Å². The van der Waals surface area contributed by atoms with Crippen molar-refractivity contribution >= 4 is 17.1 Å². The number of nitrogens with one attached hydrogen (secondary N) is 1. The molecule has 0 aliphatic heterocycles. The third-order valence-corrected chi connectivity index (χ3v) is 1.46. The Kier molecular flexibility index (Phi) is 2.28. The van der Waals surface area contributed by atoms with E-state index in [0.29, 0.717) is 12.1 Å². The minimum absolute atomic E-state index is 0.428.